The van der Waals surface area contributed by atoms with Crippen molar-refractivity contribution in [2.24, 2.45) is 0 Å². The van der Waals surface area contributed by atoms with Crippen molar-refractivity contribution in [3.8, 4) is 0 Å². The van der Waals surface area contributed by atoms with Crippen LogP contribution in [0.2, 0.25) is 0 Å². The third kappa shape index (κ3) is 3.77. The molecule has 2 rings (SSSR count). The number of carbonyl (C=O) groups is 1. The Labute approximate surface area is 114 Å². The van der Waals surface area contributed by atoms with Crippen molar-refractivity contribution in [3.63, 3.8) is 0 Å². The summed E-state index contributed by atoms with van der Waals surface area (Å²) in [5.41, 5.74) is 1.29. The van der Waals surface area contributed by atoms with Crippen molar-refractivity contribution in [1.29, 1.82) is 0 Å². The molecule has 1 aliphatic carbocycles. The summed E-state index contributed by atoms with van der Waals surface area (Å²) in [6.45, 7) is 0. The van der Waals surface area contributed by atoms with E-state index in [2.05, 4.69) is 12.1 Å². The van der Waals surface area contributed by atoms with Gasteiger partial charge >= 0.3 is 0 Å². The van der Waals surface area contributed by atoms with Crippen molar-refractivity contribution >= 4 is 17.7 Å². The predicted octanol–water partition coefficient (Wildman–Crippen LogP) is 3.32. The Balaban J connectivity index is 1.71. The number of amides is 1. The third-order valence-electron chi connectivity index (χ3n) is 3.60. The molecule has 3 heteroatoms. The summed E-state index contributed by atoms with van der Waals surface area (Å²) in [7, 11) is 1.96. The fourth-order valence-electron chi connectivity index (χ4n) is 2.43. The number of rotatable bonds is 5. The molecule has 0 saturated heterocycles. The van der Waals surface area contributed by atoms with Crippen molar-refractivity contribution in [2.75, 3.05) is 12.8 Å². The minimum atomic E-state index is 0.280. The topological polar surface area (TPSA) is 20.3 Å². The monoisotopic (exact) mass is 263 g/mol. The SMILES string of the molecule is CN(C(=O)CSCc1ccccc1)C1CCCC1. The van der Waals surface area contributed by atoms with Crippen LogP contribution in [0.3, 0.4) is 0 Å². The molecule has 0 heterocycles. The molecule has 18 heavy (non-hydrogen) atoms. The second-order valence-corrected chi connectivity index (χ2v) is 5.91. The highest BCUT2D eigenvalue weighted by atomic mass is 32.2. The average molecular weight is 263 g/mol. The van der Waals surface area contributed by atoms with Crippen molar-refractivity contribution < 1.29 is 4.79 Å². The van der Waals surface area contributed by atoms with E-state index in [1.165, 1.54) is 31.2 Å². The molecule has 0 aromatic heterocycles. The average Bonchev–Trinajstić information content (AvgIpc) is 2.93. The molecule has 0 spiro atoms. The second kappa shape index (κ2) is 6.83. The third-order valence-corrected chi connectivity index (χ3v) is 4.59. The Hall–Kier alpha value is -0.960. The maximum absolute atomic E-state index is 12.0. The second-order valence-electron chi connectivity index (χ2n) is 4.92. The summed E-state index contributed by atoms with van der Waals surface area (Å²) in [6.07, 6.45) is 4.93. The standard InChI is InChI=1S/C15H21NOS/c1-16(14-9-5-6-10-14)15(17)12-18-11-13-7-3-2-4-8-13/h2-4,7-8,14H,5-6,9-12H2,1H3. The molecule has 0 aliphatic heterocycles. The summed E-state index contributed by atoms with van der Waals surface area (Å²) in [5, 5.41) is 0. The van der Waals surface area contributed by atoms with Gasteiger partial charge in [0, 0.05) is 18.8 Å². The van der Waals surface area contributed by atoms with Crippen LogP contribution < -0.4 is 0 Å². The molecule has 1 aliphatic rings. The lowest BCUT2D eigenvalue weighted by molar-refractivity contribution is -0.129. The molecule has 98 valence electrons. The van der Waals surface area contributed by atoms with E-state index in [0.29, 0.717) is 11.8 Å². The van der Waals surface area contributed by atoms with Gasteiger partial charge in [0.15, 0.2) is 0 Å². The van der Waals surface area contributed by atoms with Crippen LogP contribution in [0.15, 0.2) is 30.3 Å². The summed E-state index contributed by atoms with van der Waals surface area (Å²) in [5.74, 6) is 1.80. The van der Waals surface area contributed by atoms with Crippen molar-refractivity contribution in [3.05, 3.63) is 35.9 Å². The van der Waals surface area contributed by atoms with Gasteiger partial charge in [0.2, 0.25) is 5.91 Å². The molecule has 1 fully saturated rings. The molecule has 0 radical (unpaired) electrons. The van der Waals surface area contributed by atoms with E-state index >= 15 is 0 Å². The molecule has 1 amide bonds. The molecule has 2 nitrogen and oxygen atoms in total. The minimum absolute atomic E-state index is 0.280. The molecular formula is C15H21NOS. The lowest BCUT2D eigenvalue weighted by atomic mass is 10.2. The number of benzene rings is 1. The first kappa shape index (κ1) is 13.5. The summed E-state index contributed by atoms with van der Waals surface area (Å²) in [4.78, 5) is 14.0. The minimum Gasteiger partial charge on any atom is -0.342 e. The molecule has 0 atom stereocenters. The molecule has 0 bridgehead atoms. The lowest BCUT2D eigenvalue weighted by Crippen LogP contribution is -2.36. The van der Waals surface area contributed by atoms with Crippen molar-refractivity contribution in [2.45, 2.75) is 37.5 Å². The Morgan fingerprint density at radius 2 is 1.94 bits per heavy atom. The van der Waals surface area contributed by atoms with Crippen LogP contribution in [0.25, 0.3) is 0 Å². The zero-order valence-electron chi connectivity index (χ0n) is 11.0. The van der Waals surface area contributed by atoms with Gasteiger partial charge in [-0.15, -0.1) is 11.8 Å². The first-order valence-electron chi connectivity index (χ1n) is 6.64. The fourth-order valence-corrected chi connectivity index (χ4v) is 3.34. The fraction of sp³-hybridized carbons (Fsp3) is 0.533. The Morgan fingerprint density at radius 1 is 1.28 bits per heavy atom. The van der Waals surface area contributed by atoms with E-state index in [0.717, 1.165) is 5.75 Å². The van der Waals surface area contributed by atoms with E-state index in [1.807, 2.05) is 30.1 Å². The van der Waals surface area contributed by atoms with Gasteiger partial charge in [-0.1, -0.05) is 43.2 Å². The first-order chi connectivity index (χ1) is 8.77. The number of hydrogen-bond donors (Lipinski definition) is 0. The number of hydrogen-bond acceptors (Lipinski definition) is 2. The smallest absolute Gasteiger partial charge is 0.232 e. The zero-order valence-corrected chi connectivity index (χ0v) is 11.8. The Morgan fingerprint density at radius 3 is 2.61 bits per heavy atom. The lowest BCUT2D eigenvalue weighted by Gasteiger charge is -2.24. The van der Waals surface area contributed by atoms with Crippen LogP contribution >= 0.6 is 11.8 Å². The highest BCUT2D eigenvalue weighted by Crippen LogP contribution is 2.23. The van der Waals surface area contributed by atoms with Gasteiger partial charge in [-0.05, 0) is 18.4 Å². The van der Waals surface area contributed by atoms with E-state index < -0.39 is 0 Å². The molecule has 1 aromatic carbocycles. The summed E-state index contributed by atoms with van der Waals surface area (Å²) >= 11 is 1.71. The van der Waals surface area contributed by atoms with Gasteiger partial charge in [-0.25, -0.2) is 0 Å². The number of thioether (sulfide) groups is 1. The van der Waals surface area contributed by atoms with Gasteiger partial charge in [-0.3, -0.25) is 4.79 Å². The van der Waals surface area contributed by atoms with Crippen LogP contribution in [0.1, 0.15) is 31.2 Å². The maximum atomic E-state index is 12.0. The molecule has 0 N–H and O–H groups in total. The predicted molar refractivity (Wildman–Crippen MR) is 77.6 cm³/mol. The van der Waals surface area contributed by atoms with Gasteiger partial charge in [0.05, 0.1) is 5.75 Å². The largest absolute Gasteiger partial charge is 0.342 e. The van der Waals surface area contributed by atoms with Crippen LogP contribution in [-0.2, 0) is 10.5 Å². The zero-order chi connectivity index (χ0) is 12.8. The quantitative estimate of drug-likeness (QED) is 0.812. The molecule has 1 aromatic rings. The van der Waals surface area contributed by atoms with Gasteiger partial charge in [0.25, 0.3) is 0 Å². The maximum Gasteiger partial charge on any atom is 0.232 e. The molecule has 1 saturated carbocycles. The number of nitrogens with zero attached hydrogens (tertiary/aromatic N) is 1. The normalized spacial score (nSPS) is 15.8. The van der Waals surface area contributed by atoms with E-state index in [9.17, 15) is 4.79 Å². The first-order valence-corrected chi connectivity index (χ1v) is 7.80. The van der Waals surface area contributed by atoms with E-state index in [-0.39, 0.29) is 5.91 Å². The molecular weight excluding hydrogens is 242 g/mol. The Bertz CT molecular complexity index is 373. The van der Waals surface area contributed by atoms with Gasteiger partial charge < -0.3 is 4.90 Å². The van der Waals surface area contributed by atoms with E-state index in [1.54, 1.807) is 11.8 Å². The van der Waals surface area contributed by atoms with E-state index in [4.69, 9.17) is 0 Å². The van der Waals surface area contributed by atoms with Crippen LogP contribution in [0, 0.1) is 0 Å². The van der Waals surface area contributed by atoms with Crippen LogP contribution in [0.5, 0.6) is 0 Å². The summed E-state index contributed by atoms with van der Waals surface area (Å²) < 4.78 is 0. The summed E-state index contributed by atoms with van der Waals surface area (Å²) in [6, 6.07) is 10.8. The molecule has 0 unspecified atom stereocenters. The Kier molecular flexibility index (Phi) is 5.12. The highest BCUT2D eigenvalue weighted by molar-refractivity contribution is 7.99. The van der Waals surface area contributed by atoms with Gasteiger partial charge in [0.1, 0.15) is 0 Å². The highest BCUT2D eigenvalue weighted by Gasteiger charge is 2.22. The van der Waals surface area contributed by atoms with Crippen LogP contribution in [-0.4, -0.2) is 29.6 Å². The van der Waals surface area contributed by atoms with Crippen LogP contribution in [0.4, 0.5) is 0 Å². The number of carbonyl (C=O) groups excluding carboxylic acids is 1. The van der Waals surface area contributed by atoms with Crippen molar-refractivity contribution in [1.82, 2.24) is 4.90 Å². The van der Waals surface area contributed by atoms with Gasteiger partial charge in [-0.2, -0.15) is 0 Å².